The minimum atomic E-state index is -4.53. The molecule has 2 rings (SSSR count). The zero-order chi connectivity index (χ0) is 17.0. The number of benzene rings is 2. The Bertz CT molecular complexity index is 736. The average Bonchev–Trinajstić information content (AvgIpc) is 2.48. The third-order valence-electron chi connectivity index (χ3n) is 3.09. The molecule has 0 aliphatic rings. The lowest BCUT2D eigenvalue weighted by Gasteiger charge is -2.10. The van der Waals surface area contributed by atoms with E-state index >= 15 is 0 Å². The van der Waals surface area contributed by atoms with Gasteiger partial charge in [0.25, 0.3) is 0 Å². The van der Waals surface area contributed by atoms with Crippen LogP contribution >= 0.6 is 11.6 Å². The van der Waals surface area contributed by atoms with E-state index in [1.165, 1.54) is 18.3 Å². The third kappa shape index (κ3) is 4.60. The van der Waals surface area contributed by atoms with Crippen LogP contribution in [0, 0.1) is 6.92 Å². The normalized spacial score (nSPS) is 11.7. The van der Waals surface area contributed by atoms with Crippen molar-refractivity contribution in [2.45, 2.75) is 13.1 Å². The Kier molecular flexibility index (Phi) is 5.11. The van der Waals surface area contributed by atoms with Gasteiger partial charge in [-0.1, -0.05) is 41.4 Å². The van der Waals surface area contributed by atoms with Gasteiger partial charge in [0.2, 0.25) is 0 Å². The van der Waals surface area contributed by atoms with Gasteiger partial charge in [-0.2, -0.15) is 13.2 Å². The predicted molar refractivity (Wildman–Crippen MR) is 84.7 cm³/mol. The van der Waals surface area contributed by atoms with Gasteiger partial charge in [0, 0.05) is 23.5 Å². The monoisotopic (exact) mass is 339 g/mol. The van der Waals surface area contributed by atoms with Gasteiger partial charge in [-0.3, -0.25) is 4.79 Å². The quantitative estimate of drug-likeness (QED) is 0.590. The van der Waals surface area contributed by atoms with Crippen LogP contribution in [0.1, 0.15) is 21.5 Å². The molecule has 0 saturated heterocycles. The van der Waals surface area contributed by atoms with Crippen molar-refractivity contribution in [1.82, 2.24) is 0 Å². The molecule has 120 valence electrons. The fourth-order valence-corrected chi connectivity index (χ4v) is 2.08. The minimum Gasteiger partial charge on any atom is -0.362 e. The highest BCUT2D eigenvalue weighted by Crippen LogP contribution is 2.36. The van der Waals surface area contributed by atoms with Gasteiger partial charge in [-0.15, -0.1) is 0 Å². The Labute approximate surface area is 136 Å². The number of carbonyl (C=O) groups excluding carboxylic acids is 1. The van der Waals surface area contributed by atoms with Gasteiger partial charge in [-0.05, 0) is 25.1 Å². The first-order valence-electron chi connectivity index (χ1n) is 6.68. The lowest BCUT2D eigenvalue weighted by atomic mass is 10.1. The fraction of sp³-hybridized carbons (Fsp3) is 0.118. The Hall–Kier alpha value is -2.27. The minimum absolute atomic E-state index is 0.190. The highest BCUT2D eigenvalue weighted by molar-refractivity contribution is 6.31. The van der Waals surface area contributed by atoms with E-state index in [0.717, 1.165) is 17.7 Å². The van der Waals surface area contributed by atoms with Crippen LogP contribution in [-0.4, -0.2) is 5.78 Å². The average molecular weight is 340 g/mol. The summed E-state index contributed by atoms with van der Waals surface area (Å²) in [4.78, 5) is 11.9. The Morgan fingerprint density at radius 3 is 2.39 bits per heavy atom. The summed E-state index contributed by atoms with van der Waals surface area (Å²) in [5.41, 5.74) is 0.794. The predicted octanol–water partition coefficient (Wildman–Crippen LogP) is 5.48. The molecule has 0 aliphatic heterocycles. The van der Waals surface area contributed by atoms with E-state index in [-0.39, 0.29) is 16.5 Å². The van der Waals surface area contributed by atoms with Crippen molar-refractivity contribution in [2.75, 3.05) is 5.32 Å². The molecule has 0 bridgehead atoms. The second-order valence-electron chi connectivity index (χ2n) is 4.90. The molecule has 0 radical (unpaired) electrons. The fourth-order valence-electron chi connectivity index (χ4n) is 1.86. The van der Waals surface area contributed by atoms with Gasteiger partial charge in [0.05, 0.1) is 10.6 Å². The first-order chi connectivity index (χ1) is 10.8. The van der Waals surface area contributed by atoms with Crippen LogP contribution in [0.25, 0.3) is 0 Å². The summed E-state index contributed by atoms with van der Waals surface area (Å²) in [5, 5.41) is 2.26. The number of allylic oxidation sites excluding steroid dienone is 1. The third-order valence-corrected chi connectivity index (χ3v) is 3.42. The topological polar surface area (TPSA) is 29.1 Å². The molecule has 2 nitrogen and oxygen atoms in total. The van der Waals surface area contributed by atoms with E-state index < -0.39 is 11.7 Å². The Morgan fingerprint density at radius 2 is 1.78 bits per heavy atom. The molecule has 0 saturated carbocycles. The molecule has 0 fully saturated rings. The van der Waals surface area contributed by atoms with E-state index in [2.05, 4.69) is 5.32 Å². The van der Waals surface area contributed by atoms with E-state index in [1.54, 1.807) is 12.1 Å². The van der Waals surface area contributed by atoms with Gasteiger partial charge in [-0.25, -0.2) is 0 Å². The highest BCUT2D eigenvalue weighted by atomic mass is 35.5. The molecule has 1 N–H and O–H groups in total. The summed E-state index contributed by atoms with van der Waals surface area (Å²) < 4.78 is 38.2. The number of rotatable bonds is 4. The number of anilines is 1. The number of hydrogen-bond acceptors (Lipinski definition) is 2. The molecule has 2 aromatic rings. The Morgan fingerprint density at radius 1 is 1.13 bits per heavy atom. The SMILES string of the molecule is Cc1ccc(C(=O)/C=C\Nc2ccc(Cl)c(C(F)(F)F)c2)cc1. The second kappa shape index (κ2) is 6.87. The lowest BCUT2D eigenvalue weighted by molar-refractivity contribution is -0.137. The smallest absolute Gasteiger partial charge is 0.362 e. The molecule has 0 heterocycles. The van der Waals surface area contributed by atoms with Crippen LogP contribution in [0.2, 0.25) is 5.02 Å². The van der Waals surface area contributed by atoms with Crippen molar-refractivity contribution in [3.05, 3.63) is 76.5 Å². The van der Waals surface area contributed by atoms with Gasteiger partial charge < -0.3 is 5.32 Å². The van der Waals surface area contributed by atoms with E-state index in [9.17, 15) is 18.0 Å². The van der Waals surface area contributed by atoms with Gasteiger partial charge in [0.1, 0.15) is 0 Å². The van der Waals surface area contributed by atoms with Crippen LogP contribution in [0.4, 0.5) is 18.9 Å². The van der Waals surface area contributed by atoms with Crippen molar-refractivity contribution in [3.8, 4) is 0 Å². The molecular weight excluding hydrogens is 327 g/mol. The molecule has 6 heteroatoms. The van der Waals surface area contributed by atoms with Crippen LogP contribution < -0.4 is 5.32 Å². The van der Waals surface area contributed by atoms with E-state index in [0.29, 0.717) is 5.56 Å². The molecule has 0 atom stereocenters. The van der Waals surface area contributed by atoms with E-state index in [4.69, 9.17) is 11.6 Å². The van der Waals surface area contributed by atoms with E-state index in [1.807, 2.05) is 19.1 Å². The van der Waals surface area contributed by atoms with Crippen LogP contribution in [0.5, 0.6) is 0 Å². The number of nitrogens with one attached hydrogen (secondary N) is 1. The highest BCUT2D eigenvalue weighted by Gasteiger charge is 2.33. The largest absolute Gasteiger partial charge is 0.417 e. The van der Waals surface area contributed by atoms with Crippen molar-refractivity contribution < 1.29 is 18.0 Å². The van der Waals surface area contributed by atoms with Gasteiger partial charge >= 0.3 is 6.18 Å². The molecule has 0 unspecified atom stereocenters. The number of carbonyl (C=O) groups is 1. The van der Waals surface area contributed by atoms with Gasteiger partial charge in [0.15, 0.2) is 5.78 Å². The maximum absolute atomic E-state index is 12.7. The van der Waals surface area contributed by atoms with Crippen molar-refractivity contribution in [3.63, 3.8) is 0 Å². The molecule has 2 aromatic carbocycles. The van der Waals surface area contributed by atoms with Crippen LogP contribution in [0.3, 0.4) is 0 Å². The first-order valence-corrected chi connectivity index (χ1v) is 7.06. The summed E-state index contributed by atoms with van der Waals surface area (Å²) >= 11 is 5.54. The summed E-state index contributed by atoms with van der Waals surface area (Å²) in [7, 11) is 0. The number of ketones is 1. The molecule has 0 amide bonds. The summed E-state index contributed by atoms with van der Waals surface area (Å²) in [6, 6.07) is 10.4. The zero-order valence-electron chi connectivity index (χ0n) is 12.1. The molecule has 0 aromatic heterocycles. The zero-order valence-corrected chi connectivity index (χ0v) is 12.9. The van der Waals surface area contributed by atoms with Crippen molar-refractivity contribution in [1.29, 1.82) is 0 Å². The standard InChI is InChI=1S/C17H13ClF3NO/c1-11-2-4-12(5-3-11)16(23)8-9-22-13-6-7-15(18)14(10-13)17(19,20)21/h2-10,22H,1H3/b9-8-. The summed E-state index contributed by atoms with van der Waals surface area (Å²) in [5.74, 6) is -0.248. The maximum Gasteiger partial charge on any atom is 0.417 e. The van der Waals surface area contributed by atoms with Crippen LogP contribution in [0.15, 0.2) is 54.7 Å². The Balaban J connectivity index is 2.08. The first kappa shape index (κ1) is 17.1. The van der Waals surface area contributed by atoms with Crippen molar-refractivity contribution >= 4 is 23.1 Å². The van der Waals surface area contributed by atoms with Crippen LogP contribution in [-0.2, 0) is 6.18 Å². The number of alkyl halides is 3. The molecular formula is C17H13ClF3NO. The second-order valence-corrected chi connectivity index (χ2v) is 5.31. The molecule has 23 heavy (non-hydrogen) atoms. The lowest BCUT2D eigenvalue weighted by Crippen LogP contribution is -2.06. The van der Waals surface area contributed by atoms with Crippen molar-refractivity contribution in [2.24, 2.45) is 0 Å². The number of halogens is 4. The number of aryl methyl sites for hydroxylation is 1. The molecule has 0 aliphatic carbocycles. The molecule has 0 spiro atoms. The summed E-state index contributed by atoms with van der Waals surface area (Å²) in [6.45, 7) is 1.91. The maximum atomic E-state index is 12.7. The summed E-state index contributed by atoms with van der Waals surface area (Å²) in [6.07, 6.45) is -1.98. The number of hydrogen-bond donors (Lipinski definition) is 1.